The summed E-state index contributed by atoms with van der Waals surface area (Å²) in [5.41, 5.74) is 2.86. The standard InChI is InChI=1S/C26H25FN4O2/c1-2-33-20-13-11-18(12-14-20)25(32)31-26(30-24-10-6-4-8-22(24)27)28-16-15-19-17-29-23-9-5-3-7-21(19)23/h3-14,17,29H,2,15-16H2,1H3,(H2,28,30,31,32). The molecular weight excluding hydrogens is 419 g/mol. The topological polar surface area (TPSA) is 78.5 Å². The highest BCUT2D eigenvalue weighted by molar-refractivity contribution is 6.10. The number of para-hydroxylation sites is 2. The summed E-state index contributed by atoms with van der Waals surface area (Å²) in [5, 5.41) is 6.80. The van der Waals surface area contributed by atoms with Crippen molar-refractivity contribution >= 4 is 28.5 Å². The van der Waals surface area contributed by atoms with Gasteiger partial charge in [-0.15, -0.1) is 0 Å². The Kier molecular flexibility index (Phi) is 6.99. The number of fused-ring (bicyclic) bond motifs is 1. The molecule has 0 saturated carbocycles. The van der Waals surface area contributed by atoms with Crippen LogP contribution in [-0.4, -0.2) is 30.0 Å². The number of amides is 1. The summed E-state index contributed by atoms with van der Waals surface area (Å²) < 4.78 is 19.6. The van der Waals surface area contributed by atoms with E-state index >= 15 is 0 Å². The summed E-state index contributed by atoms with van der Waals surface area (Å²) in [5.74, 6) is 0.0786. The van der Waals surface area contributed by atoms with Gasteiger partial charge in [0.1, 0.15) is 11.6 Å². The van der Waals surface area contributed by atoms with Crippen LogP contribution >= 0.6 is 0 Å². The van der Waals surface area contributed by atoms with Crippen molar-refractivity contribution in [3.05, 3.63) is 95.9 Å². The molecule has 0 saturated heterocycles. The summed E-state index contributed by atoms with van der Waals surface area (Å²) in [4.78, 5) is 20.6. The van der Waals surface area contributed by atoms with E-state index in [4.69, 9.17) is 4.74 Å². The Balaban J connectivity index is 1.50. The van der Waals surface area contributed by atoms with Crippen LogP contribution in [0.25, 0.3) is 10.9 Å². The van der Waals surface area contributed by atoms with E-state index in [0.717, 1.165) is 16.5 Å². The third-order valence-electron chi connectivity index (χ3n) is 5.11. The van der Waals surface area contributed by atoms with Crippen LogP contribution in [0.4, 0.5) is 10.1 Å². The van der Waals surface area contributed by atoms with Crippen LogP contribution in [0.1, 0.15) is 22.8 Å². The Morgan fingerprint density at radius 3 is 2.58 bits per heavy atom. The van der Waals surface area contributed by atoms with E-state index in [0.29, 0.717) is 30.9 Å². The zero-order chi connectivity index (χ0) is 23.0. The monoisotopic (exact) mass is 444 g/mol. The molecule has 3 N–H and O–H groups in total. The third-order valence-corrected chi connectivity index (χ3v) is 5.11. The minimum absolute atomic E-state index is 0.179. The quantitative estimate of drug-likeness (QED) is 0.273. The van der Waals surface area contributed by atoms with E-state index in [1.165, 1.54) is 6.07 Å². The molecule has 6 nitrogen and oxygen atoms in total. The molecule has 0 aliphatic heterocycles. The molecule has 1 amide bonds. The molecule has 0 spiro atoms. The number of aromatic amines is 1. The molecule has 0 fully saturated rings. The van der Waals surface area contributed by atoms with E-state index in [2.05, 4.69) is 26.7 Å². The molecule has 7 heteroatoms. The van der Waals surface area contributed by atoms with Gasteiger partial charge in [0, 0.05) is 29.2 Å². The number of guanidine groups is 1. The van der Waals surface area contributed by atoms with Gasteiger partial charge in [-0.05, 0) is 61.4 Å². The Morgan fingerprint density at radius 2 is 1.79 bits per heavy atom. The van der Waals surface area contributed by atoms with Crippen molar-refractivity contribution in [2.24, 2.45) is 4.99 Å². The van der Waals surface area contributed by atoms with Gasteiger partial charge in [0.2, 0.25) is 5.96 Å². The molecule has 4 aromatic rings. The summed E-state index contributed by atoms with van der Waals surface area (Å²) in [6, 6.07) is 21.1. The normalized spacial score (nSPS) is 11.4. The maximum atomic E-state index is 14.2. The fourth-order valence-electron chi connectivity index (χ4n) is 3.48. The van der Waals surface area contributed by atoms with Crippen molar-refractivity contribution in [1.29, 1.82) is 0 Å². The summed E-state index contributed by atoms with van der Waals surface area (Å²) in [7, 11) is 0. The fraction of sp³-hybridized carbons (Fsp3) is 0.154. The fourth-order valence-corrected chi connectivity index (χ4v) is 3.48. The van der Waals surface area contributed by atoms with Gasteiger partial charge in [0.05, 0.1) is 12.3 Å². The van der Waals surface area contributed by atoms with E-state index in [1.807, 2.05) is 31.3 Å². The van der Waals surface area contributed by atoms with Crippen molar-refractivity contribution in [2.75, 3.05) is 18.5 Å². The number of halogens is 1. The average molecular weight is 445 g/mol. The van der Waals surface area contributed by atoms with Gasteiger partial charge < -0.3 is 15.0 Å². The predicted molar refractivity (Wildman–Crippen MR) is 129 cm³/mol. The van der Waals surface area contributed by atoms with Gasteiger partial charge in [-0.2, -0.15) is 0 Å². The van der Waals surface area contributed by atoms with Gasteiger partial charge in [0.15, 0.2) is 0 Å². The smallest absolute Gasteiger partial charge is 0.257 e. The largest absolute Gasteiger partial charge is 0.494 e. The van der Waals surface area contributed by atoms with E-state index in [9.17, 15) is 9.18 Å². The number of carbonyl (C=O) groups is 1. The lowest BCUT2D eigenvalue weighted by Crippen LogP contribution is -2.36. The number of aliphatic imine (C=N–C) groups is 1. The molecule has 0 aliphatic carbocycles. The SMILES string of the molecule is CCOc1ccc(C(=O)NC(=NCCc2c[nH]c3ccccc23)Nc2ccccc2F)cc1. The van der Waals surface area contributed by atoms with Crippen LogP contribution in [0, 0.1) is 5.82 Å². The van der Waals surface area contributed by atoms with E-state index in [-0.39, 0.29) is 17.6 Å². The highest BCUT2D eigenvalue weighted by Crippen LogP contribution is 2.18. The highest BCUT2D eigenvalue weighted by atomic mass is 19.1. The summed E-state index contributed by atoms with van der Waals surface area (Å²) >= 11 is 0. The summed E-state index contributed by atoms with van der Waals surface area (Å²) in [6.45, 7) is 2.85. The molecular formula is C26H25FN4O2. The van der Waals surface area contributed by atoms with Gasteiger partial charge in [-0.1, -0.05) is 30.3 Å². The van der Waals surface area contributed by atoms with Crippen molar-refractivity contribution in [3.63, 3.8) is 0 Å². The molecule has 33 heavy (non-hydrogen) atoms. The van der Waals surface area contributed by atoms with Crippen LogP contribution in [0.5, 0.6) is 5.75 Å². The van der Waals surface area contributed by atoms with Crippen molar-refractivity contribution in [2.45, 2.75) is 13.3 Å². The first-order chi connectivity index (χ1) is 16.1. The molecule has 0 unspecified atom stereocenters. The lowest BCUT2D eigenvalue weighted by atomic mass is 10.1. The molecule has 0 aliphatic rings. The second-order valence-electron chi connectivity index (χ2n) is 7.36. The summed E-state index contributed by atoms with van der Waals surface area (Å²) in [6.07, 6.45) is 2.62. The maximum Gasteiger partial charge on any atom is 0.257 e. The van der Waals surface area contributed by atoms with Crippen LogP contribution in [-0.2, 0) is 6.42 Å². The maximum absolute atomic E-state index is 14.2. The van der Waals surface area contributed by atoms with Crippen molar-refractivity contribution < 1.29 is 13.9 Å². The first kappa shape index (κ1) is 22.1. The van der Waals surface area contributed by atoms with Crippen LogP contribution in [0.15, 0.2) is 84.0 Å². The predicted octanol–water partition coefficient (Wildman–Crippen LogP) is 5.15. The zero-order valence-corrected chi connectivity index (χ0v) is 18.3. The number of rotatable bonds is 7. The lowest BCUT2D eigenvalue weighted by Gasteiger charge is -2.13. The molecule has 168 valence electrons. The van der Waals surface area contributed by atoms with Gasteiger partial charge in [0.25, 0.3) is 5.91 Å². The van der Waals surface area contributed by atoms with Crippen molar-refractivity contribution in [3.8, 4) is 5.75 Å². The van der Waals surface area contributed by atoms with Crippen LogP contribution < -0.4 is 15.4 Å². The third kappa shape index (κ3) is 5.57. The number of hydrogen-bond acceptors (Lipinski definition) is 3. The Morgan fingerprint density at radius 1 is 1.03 bits per heavy atom. The molecule has 0 bridgehead atoms. The van der Waals surface area contributed by atoms with E-state index in [1.54, 1.807) is 42.5 Å². The minimum Gasteiger partial charge on any atom is -0.494 e. The number of H-pyrrole nitrogens is 1. The molecule has 4 rings (SSSR count). The number of hydrogen-bond donors (Lipinski definition) is 3. The van der Waals surface area contributed by atoms with Gasteiger partial charge in [-0.25, -0.2) is 4.39 Å². The molecule has 0 atom stereocenters. The van der Waals surface area contributed by atoms with E-state index < -0.39 is 5.82 Å². The van der Waals surface area contributed by atoms with Gasteiger partial charge in [-0.3, -0.25) is 15.1 Å². The number of nitrogens with one attached hydrogen (secondary N) is 3. The number of nitrogens with zero attached hydrogens (tertiary/aromatic N) is 1. The Hall–Kier alpha value is -4.13. The molecule has 1 aromatic heterocycles. The number of benzene rings is 3. The average Bonchev–Trinajstić information content (AvgIpc) is 3.24. The molecule has 3 aromatic carbocycles. The number of carbonyl (C=O) groups excluding carboxylic acids is 1. The Labute approximate surface area is 191 Å². The number of aromatic nitrogens is 1. The number of anilines is 1. The second-order valence-corrected chi connectivity index (χ2v) is 7.36. The first-order valence-corrected chi connectivity index (χ1v) is 10.8. The molecule has 1 heterocycles. The minimum atomic E-state index is -0.433. The van der Waals surface area contributed by atoms with Crippen molar-refractivity contribution in [1.82, 2.24) is 10.3 Å². The second kappa shape index (κ2) is 10.5. The number of ether oxygens (including phenoxy) is 1. The molecule has 0 radical (unpaired) electrons. The van der Waals surface area contributed by atoms with Gasteiger partial charge >= 0.3 is 0 Å². The highest BCUT2D eigenvalue weighted by Gasteiger charge is 2.12. The van der Waals surface area contributed by atoms with Crippen LogP contribution in [0.3, 0.4) is 0 Å². The van der Waals surface area contributed by atoms with Crippen LogP contribution in [0.2, 0.25) is 0 Å². The lowest BCUT2D eigenvalue weighted by molar-refractivity contribution is 0.0977. The first-order valence-electron chi connectivity index (χ1n) is 10.8. The zero-order valence-electron chi connectivity index (χ0n) is 18.3. The Bertz CT molecular complexity index is 1260.